The second kappa shape index (κ2) is 7.85. The van der Waals surface area contributed by atoms with Gasteiger partial charge in [-0.3, -0.25) is 0 Å². The van der Waals surface area contributed by atoms with E-state index in [2.05, 4.69) is 0 Å². The van der Waals surface area contributed by atoms with Gasteiger partial charge in [0.1, 0.15) is 25.4 Å². The van der Waals surface area contributed by atoms with Gasteiger partial charge >= 0.3 is 11.9 Å². The monoisotopic (exact) mass is 431 g/mol. The molecule has 0 spiro atoms. The number of rotatable bonds is 4. The summed E-state index contributed by atoms with van der Waals surface area (Å²) >= 11 is 0. The maximum atomic E-state index is 12.1. The quantitative estimate of drug-likeness (QED) is 0.378. The van der Waals surface area contributed by atoms with Crippen LogP contribution in [0.1, 0.15) is 20.7 Å². The van der Waals surface area contributed by atoms with Crippen LogP contribution in [0.3, 0.4) is 0 Å². The third-order valence-electron chi connectivity index (χ3n) is 5.49. The largest absolute Gasteiger partial charge is 0.478 e. The van der Waals surface area contributed by atoms with Crippen molar-refractivity contribution in [3.63, 3.8) is 0 Å². The molecule has 0 fully saturated rings. The molecule has 2 aromatic rings. The van der Waals surface area contributed by atoms with Crippen molar-refractivity contribution in [1.29, 1.82) is 0 Å². The van der Waals surface area contributed by atoms with Crippen LogP contribution in [0, 0.1) is 0 Å². The molecule has 1 heterocycles. The number of hydrogen-bond donors (Lipinski definition) is 2. The smallest absolute Gasteiger partial charge is 0.336 e. The molecule has 7 heteroatoms. The van der Waals surface area contributed by atoms with E-state index < -0.39 is 11.9 Å². The molecule has 1 aliphatic carbocycles. The Balaban J connectivity index is 2.17. The summed E-state index contributed by atoms with van der Waals surface area (Å²) < 4.78 is 8.22. The molecule has 2 aliphatic rings. The summed E-state index contributed by atoms with van der Waals surface area (Å²) in [6, 6.07) is 15.7. The molecule has 0 amide bonds. The molecule has 0 atom stereocenters. The summed E-state index contributed by atoms with van der Waals surface area (Å²) in [6.07, 6.45) is 0. The zero-order valence-electron chi connectivity index (χ0n) is 18.2. The highest BCUT2D eigenvalue weighted by molar-refractivity contribution is 6.08. The molecule has 7 nitrogen and oxygen atoms in total. The maximum absolute atomic E-state index is 12.1. The molecule has 0 radical (unpaired) electrons. The van der Waals surface area contributed by atoms with Crippen LogP contribution in [0.2, 0.25) is 0 Å². The van der Waals surface area contributed by atoms with E-state index >= 15 is 0 Å². The minimum atomic E-state index is -1.19. The van der Waals surface area contributed by atoms with Gasteiger partial charge in [-0.1, -0.05) is 6.07 Å². The Kier molecular flexibility index (Phi) is 5.18. The predicted molar refractivity (Wildman–Crippen MR) is 124 cm³/mol. The van der Waals surface area contributed by atoms with E-state index in [1.54, 1.807) is 6.07 Å². The number of benzene rings is 3. The summed E-state index contributed by atoms with van der Waals surface area (Å²) in [5.74, 6) is -1.77. The standard InChI is InChI=1S/C25H22N2O5/c1-26(2)15-6-9-18-21(12-15)32-22-13-16(27(3)4)7-10-19(22)23(18)17-8-5-14(24(28)29)11-20(17)25(30)31/h5-13H,1-4H3,(H-,28,29,30,31)/p+1. The lowest BCUT2D eigenvalue weighted by atomic mass is 9.89. The first-order valence-electron chi connectivity index (χ1n) is 9.96. The fraction of sp³-hybridized carbons (Fsp3) is 0.160. The van der Waals surface area contributed by atoms with Gasteiger partial charge < -0.3 is 19.5 Å². The summed E-state index contributed by atoms with van der Waals surface area (Å²) in [6.45, 7) is 0. The SMILES string of the molecule is CN(C)c1ccc2c(-c3ccc(C(=O)O)cc3C(=O)O)c3ccc(=[N+](C)C)cc-3oc2c1. The molecule has 0 bridgehead atoms. The first kappa shape index (κ1) is 21.1. The maximum Gasteiger partial charge on any atom is 0.336 e. The number of anilines is 1. The van der Waals surface area contributed by atoms with Crippen molar-refractivity contribution in [3.8, 4) is 22.5 Å². The van der Waals surface area contributed by atoms with Crippen molar-refractivity contribution in [2.45, 2.75) is 0 Å². The fourth-order valence-electron chi connectivity index (χ4n) is 3.79. The van der Waals surface area contributed by atoms with Gasteiger partial charge in [0, 0.05) is 48.4 Å². The second-order valence-electron chi connectivity index (χ2n) is 8.00. The van der Waals surface area contributed by atoms with Gasteiger partial charge in [-0.05, 0) is 35.9 Å². The van der Waals surface area contributed by atoms with Gasteiger partial charge in [-0.2, -0.15) is 0 Å². The van der Waals surface area contributed by atoms with Gasteiger partial charge in [0.15, 0.2) is 0 Å². The number of fused-ring (bicyclic) bond motifs is 2. The van der Waals surface area contributed by atoms with Crippen LogP contribution in [0.25, 0.3) is 33.4 Å². The van der Waals surface area contributed by atoms with E-state index in [1.807, 2.05) is 74.1 Å². The zero-order valence-corrected chi connectivity index (χ0v) is 18.2. The lowest BCUT2D eigenvalue weighted by Crippen LogP contribution is -2.21. The van der Waals surface area contributed by atoms with Crippen molar-refractivity contribution >= 4 is 28.6 Å². The van der Waals surface area contributed by atoms with E-state index in [0.717, 1.165) is 22.0 Å². The van der Waals surface area contributed by atoms with Gasteiger partial charge in [-0.25, -0.2) is 14.2 Å². The highest BCUT2D eigenvalue weighted by Crippen LogP contribution is 2.42. The Hall–Kier alpha value is -4.13. The summed E-state index contributed by atoms with van der Waals surface area (Å²) in [5, 5.41) is 20.9. The minimum Gasteiger partial charge on any atom is -0.478 e. The van der Waals surface area contributed by atoms with E-state index in [0.29, 0.717) is 22.5 Å². The minimum absolute atomic E-state index is 0.0768. The van der Waals surface area contributed by atoms with Gasteiger partial charge in [0.05, 0.1) is 17.2 Å². The molecule has 162 valence electrons. The van der Waals surface area contributed by atoms with Crippen LogP contribution in [-0.2, 0) is 0 Å². The Morgan fingerprint density at radius 3 is 2.22 bits per heavy atom. The van der Waals surface area contributed by atoms with Crippen LogP contribution in [-0.4, -0.2) is 50.3 Å². The molecule has 32 heavy (non-hydrogen) atoms. The molecular formula is C25H23N2O5+. The van der Waals surface area contributed by atoms with Crippen LogP contribution < -0.4 is 14.8 Å². The molecule has 0 aromatic heterocycles. The zero-order chi connectivity index (χ0) is 23.2. The number of carbonyl (C=O) groups is 2. The average molecular weight is 431 g/mol. The number of nitrogens with zero attached hydrogens (tertiary/aromatic N) is 2. The Labute approximate surface area is 184 Å². The number of carboxylic acid groups (broad SMARTS) is 2. The Morgan fingerprint density at radius 1 is 0.875 bits per heavy atom. The molecule has 4 rings (SSSR count). The van der Waals surface area contributed by atoms with Crippen LogP contribution in [0.15, 0.2) is 59.0 Å². The average Bonchev–Trinajstić information content (AvgIpc) is 2.75. The number of carboxylic acids is 2. The third kappa shape index (κ3) is 3.58. The molecule has 2 aromatic carbocycles. The second-order valence-corrected chi connectivity index (χ2v) is 8.00. The van der Waals surface area contributed by atoms with Crippen LogP contribution in [0.5, 0.6) is 0 Å². The van der Waals surface area contributed by atoms with E-state index in [-0.39, 0.29) is 11.1 Å². The summed E-state index contributed by atoms with van der Waals surface area (Å²) in [4.78, 5) is 25.5. The molecule has 0 saturated carbocycles. The van der Waals surface area contributed by atoms with Crippen LogP contribution in [0.4, 0.5) is 5.69 Å². The summed E-state index contributed by atoms with van der Waals surface area (Å²) in [5.41, 5.74) is 3.25. The van der Waals surface area contributed by atoms with E-state index in [1.165, 1.54) is 12.1 Å². The Morgan fingerprint density at radius 2 is 1.59 bits per heavy atom. The van der Waals surface area contributed by atoms with Crippen molar-refractivity contribution in [2.75, 3.05) is 33.1 Å². The first-order chi connectivity index (χ1) is 15.2. The lowest BCUT2D eigenvalue weighted by molar-refractivity contribution is 0.0696. The van der Waals surface area contributed by atoms with Crippen LogP contribution >= 0.6 is 0 Å². The van der Waals surface area contributed by atoms with Gasteiger partial charge in [-0.15, -0.1) is 0 Å². The predicted octanol–water partition coefficient (Wildman–Crippen LogP) is 3.70. The van der Waals surface area contributed by atoms with Crippen molar-refractivity contribution in [1.82, 2.24) is 4.58 Å². The first-order valence-corrected chi connectivity index (χ1v) is 9.96. The highest BCUT2D eigenvalue weighted by atomic mass is 16.4. The summed E-state index contributed by atoms with van der Waals surface area (Å²) in [7, 11) is 7.72. The molecule has 1 aliphatic heterocycles. The number of aromatic carboxylic acids is 2. The molecule has 0 unspecified atom stereocenters. The van der Waals surface area contributed by atoms with Gasteiger partial charge in [0.25, 0.3) is 0 Å². The number of hydrogen-bond acceptors (Lipinski definition) is 4. The van der Waals surface area contributed by atoms with Crippen molar-refractivity contribution < 1.29 is 24.2 Å². The highest BCUT2D eigenvalue weighted by Gasteiger charge is 2.23. The Bertz CT molecular complexity index is 1430. The lowest BCUT2D eigenvalue weighted by Gasteiger charge is -2.19. The molecule has 2 N–H and O–H groups in total. The van der Waals surface area contributed by atoms with E-state index in [9.17, 15) is 19.8 Å². The normalized spacial score (nSPS) is 11.0. The molecule has 0 saturated heterocycles. The fourth-order valence-corrected chi connectivity index (χ4v) is 3.79. The topological polar surface area (TPSA) is 94.0 Å². The van der Waals surface area contributed by atoms with Crippen molar-refractivity contribution in [3.05, 3.63) is 71.1 Å². The third-order valence-corrected chi connectivity index (χ3v) is 5.49. The molecular weight excluding hydrogens is 408 g/mol. The van der Waals surface area contributed by atoms with Gasteiger partial charge in [0.2, 0.25) is 5.36 Å². The van der Waals surface area contributed by atoms with Crippen molar-refractivity contribution in [2.24, 2.45) is 0 Å². The van der Waals surface area contributed by atoms with E-state index in [4.69, 9.17) is 4.42 Å².